The van der Waals surface area contributed by atoms with E-state index >= 15 is 0 Å². The van der Waals surface area contributed by atoms with Gasteiger partial charge in [-0.25, -0.2) is 25.3 Å². The summed E-state index contributed by atoms with van der Waals surface area (Å²) in [5.74, 6) is 1.97. The standard InChI is InChI=1S/C30H30O15S3.3Na/c31-46(32,33)28-7-1-22(2-8-28)40-13-16-43-25-19-26(44-17-14-41-23-3-9-29(10-4-23)47(34,35)36)21-27(20-25)45-18-15-42-24-5-11-30(12-6-24)48(37,38)39;;;/h1-12,19-21H,13-18H2,(H,31,32,33)(H,34,35,36)(H,37,38,39);;;/q;3*+1/p-3. The Morgan fingerprint density at radius 3 is 0.686 bits per heavy atom. The van der Waals surface area contributed by atoms with Gasteiger partial charge in [-0.1, -0.05) is 0 Å². The van der Waals surface area contributed by atoms with Crippen LogP contribution in [-0.4, -0.2) is 78.6 Å². The van der Waals surface area contributed by atoms with E-state index in [1.165, 1.54) is 36.4 Å². The van der Waals surface area contributed by atoms with Gasteiger partial charge in [-0.2, -0.15) is 0 Å². The third kappa shape index (κ3) is 16.5. The van der Waals surface area contributed by atoms with E-state index in [-0.39, 0.29) is 143 Å². The van der Waals surface area contributed by atoms with Gasteiger partial charge in [-0.3, -0.25) is 0 Å². The zero-order valence-electron chi connectivity index (χ0n) is 27.8. The summed E-state index contributed by atoms with van der Waals surface area (Å²) in [6.07, 6.45) is 0. The molecule has 258 valence electrons. The fourth-order valence-corrected chi connectivity index (χ4v) is 5.27. The Kier molecular flexibility index (Phi) is 20.4. The Morgan fingerprint density at radius 1 is 0.333 bits per heavy atom. The van der Waals surface area contributed by atoms with E-state index < -0.39 is 30.4 Å². The van der Waals surface area contributed by atoms with Crippen molar-refractivity contribution in [1.82, 2.24) is 0 Å². The molecule has 4 aromatic rings. The number of rotatable bonds is 18. The third-order valence-corrected chi connectivity index (χ3v) is 8.60. The molecule has 0 saturated heterocycles. The van der Waals surface area contributed by atoms with Gasteiger partial charge < -0.3 is 42.1 Å². The van der Waals surface area contributed by atoms with Crippen molar-refractivity contribution in [2.45, 2.75) is 14.7 Å². The molecular weight excluding hydrogens is 765 g/mol. The minimum atomic E-state index is -4.58. The average Bonchev–Trinajstić information content (AvgIpc) is 3.03. The Hall–Kier alpha value is -1.59. The first kappa shape index (κ1) is 47.4. The van der Waals surface area contributed by atoms with Crippen molar-refractivity contribution < 1.29 is 156 Å². The van der Waals surface area contributed by atoms with Crippen LogP contribution in [0, 0.1) is 0 Å². The van der Waals surface area contributed by atoms with Crippen molar-refractivity contribution in [3.05, 3.63) is 91.0 Å². The van der Waals surface area contributed by atoms with Crippen molar-refractivity contribution in [3.63, 3.8) is 0 Å². The van der Waals surface area contributed by atoms with Crippen LogP contribution in [0.2, 0.25) is 0 Å². The summed E-state index contributed by atoms with van der Waals surface area (Å²) in [6.45, 7) is 0.352. The molecule has 15 nitrogen and oxygen atoms in total. The summed E-state index contributed by atoms with van der Waals surface area (Å²) in [7, 11) is -13.7. The molecule has 0 atom stereocenters. The van der Waals surface area contributed by atoms with Crippen LogP contribution >= 0.6 is 0 Å². The van der Waals surface area contributed by atoms with Gasteiger partial charge in [0.15, 0.2) is 0 Å². The predicted molar refractivity (Wildman–Crippen MR) is 163 cm³/mol. The number of hydrogen-bond donors (Lipinski definition) is 0. The minimum absolute atomic E-state index is 0. The summed E-state index contributed by atoms with van der Waals surface area (Å²) in [5.41, 5.74) is 0. The van der Waals surface area contributed by atoms with Crippen LogP contribution in [0.3, 0.4) is 0 Å². The van der Waals surface area contributed by atoms with Crippen LogP contribution in [0.15, 0.2) is 106 Å². The number of benzene rings is 4. The molecule has 0 aromatic heterocycles. The maximum atomic E-state index is 11.1. The molecule has 0 bridgehead atoms. The maximum absolute atomic E-state index is 11.1. The van der Waals surface area contributed by atoms with Crippen molar-refractivity contribution in [2.24, 2.45) is 0 Å². The smallest absolute Gasteiger partial charge is 0.744 e. The molecule has 0 spiro atoms. The molecule has 51 heavy (non-hydrogen) atoms. The zero-order chi connectivity index (χ0) is 34.8. The molecule has 4 rings (SSSR count). The van der Waals surface area contributed by atoms with Gasteiger partial charge in [0.1, 0.15) is 104 Å². The second-order valence-electron chi connectivity index (χ2n) is 9.51. The fourth-order valence-electron chi connectivity index (χ4n) is 3.86. The van der Waals surface area contributed by atoms with Crippen molar-refractivity contribution in [3.8, 4) is 34.5 Å². The zero-order valence-corrected chi connectivity index (χ0v) is 36.2. The number of hydrogen-bond acceptors (Lipinski definition) is 15. The van der Waals surface area contributed by atoms with Gasteiger partial charge in [0.25, 0.3) is 0 Å². The summed E-state index contributed by atoms with van der Waals surface area (Å²) in [4.78, 5) is -1.15. The Morgan fingerprint density at radius 2 is 0.510 bits per heavy atom. The first-order chi connectivity index (χ1) is 22.7. The van der Waals surface area contributed by atoms with Gasteiger partial charge in [-0.15, -0.1) is 0 Å². The molecule has 0 heterocycles. The van der Waals surface area contributed by atoms with Crippen molar-refractivity contribution >= 4 is 30.4 Å². The molecule has 0 unspecified atom stereocenters. The van der Waals surface area contributed by atoms with Gasteiger partial charge in [0.05, 0.1) is 14.7 Å². The van der Waals surface area contributed by atoms with E-state index in [0.29, 0.717) is 34.5 Å². The average molecular weight is 793 g/mol. The minimum Gasteiger partial charge on any atom is -0.744 e. The number of ether oxygens (including phenoxy) is 6. The third-order valence-electron chi connectivity index (χ3n) is 6.05. The second kappa shape index (κ2) is 21.9. The van der Waals surface area contributed by atoms with Gasteiger partial charge in [-0.05, 0) is 72.8 Å². The second-order valence-corrected chi connectivity index (χ2v) is 13.6. The first-order valence-electron chi connectivity index (χ1n) is 13.8. The molecule has 0 saturated carbocycles. The topological polar surface area (TPSA) is 227 Å². The van der Waals surface area contributed by atoms with Crippen molar-refractivity contribution in [1.29, 1.82) is 0 Å². The van der Waals surface area contributed by atoms with Crippen LogP contribution in [0.5, 0.6) is 34.5 Å². The van der Waals surface area contributed by atoms with E-state index in [2.05, 4.69) is 0 Å². The molecule has 21 heteroatoms. The molecule has 0 radical (unpaired) electrons. The largest absolute Gasteiger partial charge is 1.00 e. The van der Waals surface area contributed by atoms with E-state index in [1.807, 2.05) is 0 Å². The molecule has 0 aliphatic heterocycles. The van der Waals surface area contributed by atoms with Gasteiger partial charge >= 0.3 is 88.7 Å². The van der Waals surface area contributed by atoms with E-state index in [9.17, 15) is 38.9 Å². The first-order valence-corrected chi connectivity index (χ1v) is 18.0. The molecule has 0 N–H and O–H groups in total. The van der Waals surface area contributed by atoms with Gasteiger partial charge in [0, 0.05) is 18.2 Å². The molecule has 0 amide bonds. The van der Waals surface area contributed by atoms with Crippen LogP contribution in [0.25, 0.3) is 0 Å². The quantitative estimate of drug-likeness (QED) is 0.0519. The van der Waals surface area contributed by atoms with Gasteiger partial charge in [0.2, 0.25) is 0 Å². The molecule has 0 aliphatic carbocycles. The van der Waals surface area contributed by atoms with Crippen LogP contribution in [-0.2, 0) is 30.4 Å². The van der Waals surface area contributed by atoms with E-state index in [4.69, 9.17) is 28.4 Å². The Balaban J connectivity index is 0.00000433. The molecule has 0 aliphatic rings. The predicted octanol–water partition coefficient (Wildman–Crippen LogP) is -6.22. The SMILES string of the molecule is O=S(=O)([O-])c1ccc(OCCOc2cc(OCCOc3ccc(S(=O)(=O)[O-])cc3)cc(OCCOc3ccc(S(=O)(=O)[O-])cc3)c2)cc1.[Na+].[Na+].[Na+]. The van der Waals surface area contributed by atoms with Crippen LogP contribution < -0.4 is 117 Å². The maximum Gasteiger partial charge on any atom is 1.00 e. The normalized spacial score (nSPS) is 11.1. The summed E-state index contributed by atoms with van der Waals surface area (Å²) in [6, 6.07) is 19.6. The summed E-state index contributed by atoms with van der Waals surface area (Å²) < 4.78 is 134. The Labute approximate surface area is 362 Å². The monoisotopic (exact) mass is 792 g/mol. The molecule has 0 fully saturated rings. The van der Waals surface area contributed by atoms with Crippen molar-refractivity contribution in [2.75, 3.05) is 39.6 Å². The Bertz CT molecular complexity index is 1750. The summed E-state index contributed by atoms with van der Waals surface area (Å²) >= 11 is 0. The molecule has 4 aromatic carbocycles. The van der Waals surface area contributed by atoms with Crippen LogP contribution in [0.1, 0.15) is 0 Å². The summed E-state index contributed by atoms with van der Waals surface area (Å²) in [5, 5.41) is 0. The van der Waals surface area contributed by atoms with Crippen LogP contribution in [0.4, 0.5) is 0 Å². The van der Waals surface area contributed by atoms with E-state index in [0.717, 1.165) is 36.4 Å². The molecular formula is C30H27Na3O15S3. The fraction of sp³-hybridized carbons (Fsp3) is 0.200. The van der Waals surface area contributed by atoms with E-state index in [1.54, 1.807) is 18.2 Å².